The van der Waals surface area contributed by atoms with Gasteiger partial charge in [-0.15, -0.1) is 0 Å². The van der Waals surface area contributed by atoms with E-state index in [0.717, 1.165) is 12.8 Å². The molecule has 8 heteroatoms. The Kier molecular flexibility index (Phi) is 3.22. The van der Waals surface area contributed by atoms with Gasteiger partial charge < -0.3 is 0 Å². The first-order chi connectivity index (χ1) is 11.0. The van der Waals surface area contributed by atoms with Crippen molar-refractivity contribution in [2.45, 2.75) is 24.2 Å². The summed E-state index contributed by atoms with van der Waals surface area (Å²) >= 11 is 0. The molecule has 1 heterocycles. The van der Waals surface area contributed by atoms with Gasteiger partial charge in [0.2, 0.25) is 5.91 Å². The number of rotatable bonds is 4. The van der Waals surface area contributed by atoms with Gasteiger partial charge in [0.05, 0.1) is 23.0 Å². The second-order valence-corrected chi connectivity index (χ2v) is 7.89. The molecule has 2 saturated carbocycles. The van der Waals surface area contributed by atoms with E-state index in [1.807, 2.05) is 0 Å². The molecular formula is C15H16N4O3S. The molecule has 2 fully saturated rings. The summed E-state index contributed by atoms with van der Waals surface area (Å²) in [4.78, 5) is 13.6. The predicted octanol–water partition coefficient (Wildman–Crippen LogP) is 1.12. The van der Waals surface area contributed by atoms with E-state index in [1.54, 1.807) is 12.1 Å². The SMILES string of the molecule is O=C(NS(=O)(=O)c1ccc(-n2nccn2)cc1)C1C[C@@H]2C[C@@H]2C1. The average Bonchev–Trinajstić information content (AvgIpc) is 2.97. The van der Waals surface area contributed by atoms with Crippen LogP contribution in [0.5, 0.6) is 0 Å². The topological polar surface area (TPSA) is 94.0 Å². The van der Waals surface area contributed by atoms with Crippen LogP contribution in [-0.2, 0) is 14.8 Å². The summed E-state index contributed by atoms with van der Waals surface area (Å²) in [5, 5.41) is 7.95. The number of fused-ring (bicyclic) bond motifs is 1. The van der Waals surface area contributed by atoms with Crippen LogP contribution >= 0.6 is 0 Å². The number of sulfonamides is 1. The lowest BCUT2D eigenvalue weighted by atomic mass is 10.0. The molecule has 120 valence electrons. The molecule has 1 aromatic carbocycles. The molecule has 2 aliphatic carbocycles. The van der Waals surface area contributed by atoms with E-state index in [1.165, 1.54) is 35.7 Å². The van der Waals surface area contributed by atoms with Crippen LogP contribution < -0.4 is 4.72 Å². The van der Waals surface area contributed by atoms with Crippen molar-refractivity contribution in [3.05, 3.63) is 36.7 Å². The van der Waals surface area contributed by atoms with Crippen LogP contribution in [-0.4, -0.2) is 29.3 Å². The molecule has 7 nitrogen and oxygen atoms in total. The highest BCUT2D eigenvalue weighted by atomic mass is 32.2. The molecule has 0 spiro atoms. The summed E-state index contributed by atoms with van der Waals surface area (Å²) in [6.45, 7) is 0. The minimum absolute atomic E-state index is 0.0601. The molecule has 1 N–H and O–H groups in total. The summed E-state index contributed by atoms with van der Waals surface area (Å²) in [6.07, 6.45) is 5.90. The third kappa shape index (κ3) is 2.74. The van der Waals surface area contributed by atoms with E-state index >= 15 is 0 Å². The van der Waals surface area contributed by atoms with E-state index in [0.29, 0.717) is 17.5 Å². The molecule has 1 amide bonds. The fourth-order valence-corrected chi connectivity index (χ4v) is 4.36. The van der Waals surface area contributed by atoms with Crippen molar-refractivity contribution in [3.63, 3.8) is 0 Å². The normalized spacial score (nSPS) is 25.8. The summed E-state index contributed by atoms with van der Waals surface area (Å²) in [5.74, 6) is 0.722. The maximum atomic E-state index is 12.3. The van der Waals surface area contributed by atoms with Crippen LogP contribution in [0.15, 0.2) is 41.6 Å². The average molecular weight is 332 g/mol. The van der Waals surface area contributed by atoms with Gasteiger partial charge in [-0.2, -0.15) is 15.0 Å². The standard InChI is InChI=1S/C15H16N4O3S/c20-15(12-8-10-7-11(10)9-12)18-23(21,22)14-3-1-13(2-4-14)19-16-5-6-17-19/h1-6,10-12H,7-9H2,(H,18,20)/t10-,11+,12?. The van der Waals surface area contributed by atoms with Gasteiger partial charge in [-0.05, 0) is 55.4 Å². The van der Waals surface area contributed by atoms with Crippen LogP contribution in [0.3, 0.4) is 0 Å². The van der Waals surface area contributed by atoms with Crippen molar-refractivity contribution >= 4 is 15.9 Å². The highest BCUT2D eigenvalue weighted by Gasteiger charge is 2.48. The first kappa shape index (κ1) is 14.4. The number of benzene rings is 1. The lowest BCUT2D eigenvalue weighted by Gasteiger charge is -2.13. The lowest BCUT2D eigenvalue weighted by molar-refractivity contribution is -0.123. The van der Waals surface area contributed by atoms with Gasteiger partial charge in [-0.25, -0.2) is 13.1 Å². The number of nitrogens with one attached hydrogen (secondary N) is 1. The van der Waals surface area contributed by atoms with Crippen LogP contribution in [0.4, 0.5) is 0 Å². The monoisotopic (exact) mass is 332 g/mol. The Morgan fingerprint density at radius 3 is 2.26 bits per heavy atom. The zero-order valence-electron chi connectivity index (χ0n) is 12.3. The van der Waals surface area contributed by atoms with E-state index in [2.05, 4.69) is 14.9 Å². The summed E-state index contributed by atoms with van der Waals surface area (Å²) < 4.78 is 26.8. The number of hydrogen-bond acceptors (Lipinski definition) is 5. The number of carbonyl (C=O) groups excluding carboxylic acids is 1. The van der Waals surface area contributed by atoms with Gasteiger partial charge in [-0.1, -0.05) is 0 Å². The zero-order chi connectivity index (χ0) is 16.0. The third-order valence-electron chi connectivity index (χ3n) is 4.65. The van der Waals surface area contributed by atoms with Crippen LogP contribution in [0.1, 0.15) is 19.3 Å². The first-order valence-corrected chi connectivity index (χ1v) is 9.05. The van der Waals surface area contributed by atoms with E-state index < -0.39 is 10.0 Å². The molecule has 2 aromatic rings. The fraction of sp³-hybridized carbons (Fsp3) is 0.400. The molecule has 1 unspecified atom stereocenters. The van der Waals surface area contributed by atoms with E-state index in [9.17, 15) is 13.2 Å². The van der Waals surface area contributed by atoms with Crippen molar-refractivity contribution in [3.8, 4) is 5.69 Å². The highest BCUT2D eigenvalue weighted by Crippen LogP contribution is 2.54. The molecule has 23 heavy (non-hydrogen) atoms. The van der Waals surface area contributed by atoms with Crippen LogP contribution in [0.25, 0.3) is 5.69 Å². The highest BCUT2D eigenvalue weighted by molar-refractivity contribution is 7.90. The van der Waals surface area contributed by atoms with Crippen molar-refractivity contribution in [1.82, 2.24) is 19.7 Å². The maximum absolute atomic E-state index is 12.3. The quantitative estimate of drug-likeness (QED) is 0.905. The Morgan fingerprint density at radius 1 is 1.04 bits per heavy atom. The smallest absolute Gasteiger partial charge is 0.264 e. The molecule has 1 aromatic heterocycles. The Labute approximate surface area is 133 Å². The molecular weight excluding hydrogens is 316 g/mol. The molecule has 3 atom stereocenters. The molecule has 0 radical (unpaired) electrons. The third-order valence-corrected chi connectivity index (χ3v) is 6.01. The summed E-state index contributed by atoms with van der Waals surface area (Å²) in [6, 6.07) is 6.09. The summed E-state index contributed by atoms with van der Waals surface area (Å²) in [5.41, 5.74) is 0.649. The molecule has 0 bridgehead atoms. The second kappa shape index (κ2) is 5.16. The van der Waals surface area contributed by atoms with Crippen molar-refractivity contribution in [2.75, 3.05) is 0 Å². The van der Waals surface area contributed by atoms with Crippen molar-refractivity contribution < 1.29 is 13.2 Å². The largest absolute Gasteiger partial charge is 0.274 e. The lowest BCUT2D eigenvalue weighted by Crippen LogP contribution is -2.35. The van der Waals surface area contributed by atoms with Crippen LogP contribution in [0, 0.1) is 17.8 Å². The minimum Gasteiger partial charge on any atom is -0.274 e. The predicted molar refractivity (Wildman–Crippen MR) is 81.0 cm³/mol. The second-order valence-electron chi connectivity index (χ2n) is 6.21. The molecule has 0 aliphatic heterocycles. The Hall–Kier alpha value is -2.22. The van der Waals surface area contributed by atoms with E-state index in [4.69, 9.17) is 0 Å². The van der Waals surface area contributed by atoms with Gasteiger partial charge in [0, 0.05) is 5.92 Å². The van der Waals surface area contributed by atoms with Crippen molar-refractivity contribution in [1.29, 1.82) is 0 Å². The molecule has 4 rings (SSSR count). The number of nitrogens with zero attached hydrogens (tertiary/aromatic N) is 3. The van der Waals surface area contributed by atoms with Crippen molar-refractivity contribution in [2.24, 2.45) is 17.8 Å². The van der Waals surface area contributed by atoms with Gasteiger partial charge in [0.15, 0.2) is 0 Å². The Morgan fingerprint density at radius 2 is 1.65 bits per heavy atom. The van der Waals surface area contributed by atoms with Gasteiger partial charge in [0.25, 0.3) is 10.0 Å². The Bertz CT molecular complexity index is 820. The number of hydrogen-bond donors (Lipinski definition) is 1. The van der Waals surface area contributed by atoms with E-state index in [-0.39, 0.29) is 16.7 Å². The minimum atomic E-state index is -3.83. The number of amides is 1. The maximum Gasteiger partial charge on any atom is 0.264 e. The Balaban J connectivity index is 1.48. The van der Waals surface area contributed by atoms with Gasteiger partial charge >= 0.3 is 0 Å². The molecule has 2 aliphatic rings. The summed E-state index contributed by atoms with van der Waals surface area (Å²) in [7, 11) is -3.83. The first-order valence-electron chi connectivity index (χ1n) is 7.56. The van der Waals surface area contributed by atoms with Gasteiger partial charge in [-0.3, -0.25) is 4.79 Å². The number of carbonyl (C=O) groups is 1. The number of aromatic nitrogens is 3. The van der Waals surface area contributed by atoms with Gasteiger partial charge in [0.1, 0.15) is 0 Å². The zero-order valence-corrected chi connectivity index (χ0v) is 13.1. The van der Waals surface area contributed by atoms with Crippen LogP contribution in [0.2, 0.25) is 0 Å². The fourth-order valence-electron chi connectivity index (χ4n) is 3.31. The molecule has 0 saturated heterocycles.